The van der Waals surface area contributed by atoms with Gasteiger partial charge in [-0.1, -0.05) is 0 Å². The second-order valence-electron chi connectivity index (χ2n) is 5.29. The molecule has 0 bridgehead atoms. The van der Waals surface area contributed by atoms with Gasteiger partial charge in [0.2, 0.25) is 5.90 Å². The van der Waals surface area contributed by atoms with Gasteiger partial charge in [-0.25, -0.2) is 14.2 Å². The van der Waals surface area contributed by atoms with Gasteiger partial charge in [-0.05, 0) is 36.4 Å². The standard InChI is InChI=1S/C19H16FNO5/c1-23-15-10-17(25-3)16(24-2)9-12(15)8-14-19(22)26-18(21-14)11-4-6-13(20)7-5-11/h4-10H,1-3H3/b14-8+. The Morgan fingerprint density at radius 1 is 0.962 bits per heavy atom. The summed E-state index contributed by atoms with van der Waals surface area (Å²) in [4.78, 5) is 16.3. The first-order valence-corrected chi connectivity index (χ1v) is 7.64. The summed E-state index contributed by atoms with van der Waals surface area (Å²) in [5, 5.41) is 0. The lowest BCUT2D eigenvalue weighted by molar-refractivity contribution is -0.129. The third-order valence-corrected chi connectivity index (χ3v) is 3.74. The molecular formula is C19H16FNO5. The first-order chi connectivity index (χ1) is 12.5. The number of cyclic esters (lactones) is 1. The Morgan fingerprint density at radius 2 is 1.58 bits per heavy atom. The fourth-order valence-corrected chi connectivity index (χ4v) is 2.44. The maximum atomic E-state index is 13.0. The van der Waals surface area contributed by atoms with E-state index >= 15 is 0 Å². The van der Waals surface area contributed by atoms with Gasteiger partial charge in [0.15, 0.2) is 17.2 Å². The number of benzene rings is 2. The topological polar surface area (TPSA) is 66.3 Å². The zero-order valence-corrected chi connectivity index (χ0v) is 14.4. The predicted molar refractivity (Wildman–Crippen MR) is 93.1 cm³/mol. The minimum Gasteiger partial charge on any atom is -0.496 e. The van der Waals surface area contributed by atoms with E-state index in [2.05, 4.69) is 4.99 Å². The second kappa shape index (κ2) is 7.26. The average molecular weight is 357 g/mol. The van der Waals surface area contributed by atoms with E-state index in [9.17, 15) is 9.18 Å². The molecule has 26 heavy (non-hydrogen) atoms. The van der Waals surface area contributed by atoms with Crippen LogP contribution in [0.5, 0.6) is 17.2 Å². The zero-order chi connectivity index (χ0) is 18.7. The number of nitrogens with zero attached hydrogens (tertiary/aromatic N) is 1. The number of aliphatic imine (C=N–C) groups is 1. The molecule has 0 aromatic heterocycles. The highest BCUT2D eigenvalue weighted by molar-refractivity contribution is 6.13. The summed E-state index contributed by atoms with van der Waals surface area (Å²) in [6.07, 6.45) is 1.53. The van der Waals surface area contributed by atoms with Gasteiger partial charge in [0.1, 0.15) is 11.6 Å². The van der Waals surface area contributed by atoms with Crippen LogP contribution in [-0.2, 0) is 9.53 Å². The summed E-state index contributed by atoms with van der Waals surface area (Å²) in [5.41, 5.74) is 1.17. The van der Waals surface area contributed by atoms with E-state index in [-0.39, 0.29) is 17.4 Å². The van der Waals surface area contributed by atoms with Gasteiger partial charge >= 0.3 is 5.97 Å². The fourth-order valence-electron chi connectivity index (χ4n) is 2.44. The van der Waals surface area contributed by atoms with Crippen LogP contribution in [0.2, 0.25) is 0 Å². The molecule has 0 N–H and O–H groups in total. The Bertz CT molecular complexity index is 903. The summed E-state index contributed by atoms with van der Waals surface area (Å²) >= 11 is 0. The molecule has 1 aliphatic rings. The van der Waals surface area contributed by atoms with Crippen molar-refractivity contribution in [1.29, 1.82) is 0 Å². The molecule has 1 heterocycles. The van der Waals surface area contributed by atoms with Gasteiger partial charge in [-0.3, -0.25) is 0 Å². The van der Waals surface area contributed by atoms with Crippen molar-refractivity contribution in [3.63, 3.8) is 0 Å². The molecule has 6 nitrogen and oxygen atoms in total. The van der Waals surface area contributed by atoms with E-state index in [0.29, 0.717) is 28.4 Å². The molecule has 0 saturated heterocycles. The average Bonchev–Trinajstić information content (AvgIpc) is 3.02. The fraction of sp³-hybridized carbons (Fsp3) is 0.158. The minimum absolute atomic E-state index is 0.0924. The number of halogens is 1. The van der Waals surface area contributed by atoms with Crippen molar-refractivity contribution in [2.24, 2.45) is 4.99 Å². The molecule has 2 aromatic rings. The number of carbonyl (C=O) groups excluding carboxylic acids is 1. The number of ether oxygens (including phenoxy) is 4. The number of hydrogen-bond acceptors (Lipinski definition) is 6. The van der Waals surface area contributed by atoms with E-state index in [1.54, 1.807) is 12.1 Å². The Hall–Kier alpha value is -3.35. The van der Waals surface area contributed by atoms with Crippen LogP contribution in [0.4, 0.5) is 4.39 Å². The first kappa shape index (κ1) is 17.5. The van der Waals surface area contributed by atoms with Gasteiger partial charge in [0.05, 0.1) is 21.3 Å². The van der Waals surface area contributed by atoms with Crippen LogP contribution in [0.1, 0.15) is 11.1 Å². The van der Waals surface area contributed by atoms with Crippen molar-refractivity contribution in [1.82, 2.24) is 0 Å². The van der Waals surface area contributed by atoms with Crippen molar-refractivity contribution in [3.8, 4) is 17.2 Å². The maximum Gasteiger partial charge on any atom is 0.363 e. The highest BCUT2D eigenvalue weighted by atomic mass is 19.1. The first-order valence-electron chi connectivity index (χ1n) is 7.64. The highest BCUT2D eigenvalue weighted by Gasteiger charge is 2.25. The molecule has 0 radical (unpaired) electrons. The number of rotatable bonds is 5. The van der Waals surface area contributed by atoms with Crippen LogP contribution in [0.3, 0.4) is 0 Å². The summed E-state index contributed by atoms with van der Waals surface area (Å²) < 4.78 is 34.0. The number of carbonyl (C=O) groups is 1. The Balaban J connectivity index is 2.01. The predicted octanol–water partition coefficient (Wildman–Crippen LogP) is 3.20. The molecule has 1 aliphatic heterocycles. The molecule has 0 fully saturated rings. The minimum atomic E-state index is -0.610. The second-order valence-corrected chi connectivity index (χ2v) is 5.29. The normalized spacial score (nSPS) is 14.8. The van der Waals surface area contributed by atoms with E-state index in [0.717, 1.165) is 0 Å². The lowest BCUT2D eigenvalue weighted by Crippen LogP contribution is -2.05. The maximum absolute atomic E-state index is 13.0. The smallest absolute Gasteiger partial charge is 0.363 e. The van der Waals surface area contributed by atoms with Gasteiger partial charge < -0.3 is 18.9 Å². The van der Waals surface area contributed by atoms with Crippen molar-refractivity contribution in [2.75, 3.05) is 21.3 Å². The molecule has 0 saturated carbocycles. The van der Waals surface area contributed by atoms with Crippen molar-refractivity contribution in [2.45, 2.75) is 0 Å². The largest absolute Gasteiger partial charge is 0.496 e. The highest BCUT2D eigenvalue weighted by Crippen LogP contribution is 2.36. The third-order valence-electron chi connectivity index (χ3n) is 3.74. The van der Waals surface area contributed by atoms with Crippen molar-refractivity contribution < 1.29 is 28.1 Å². The molecular weight excluding hydrogens is 341 g/mol. The van der Waals surface area contributed by atoms with E-state index in [1.165, 1.54) is 51.7 Å². The van der Waals surface area contributed by atoms with Crippen LogP contribution in [0, 0.1) is 5.82 Å². The summed E-state index contributed by atoms with van der Waals surface area (Å²) in [6.45, 7) is 0. The zero-order valence-electron chi connectivity index (χ0n) is 14.4. The Kier molecular flexibility index (Phi) is 4.88. The molecule has 0 atom stereocenters. The van der Waals surface area contributed by atoms with Gasteiger partial charge in [0.25, 0.3) is 0 Å². The molecule has 0 amide bonds. The SMILES string of the molecule is COc1cc(OC)c(OC)cc1/C=C1/N=C(c2ccc(F)cc2)OC1=O. The van der Waals surface area contributed by atoms with Gasteiger partial charge in [-0.2, -0.15) is 0 Å². The number of esters is 1. The van der Waals surface area contributed by atoms with E-state index < -0.39 is 5.97 Å². The molecule has 0 spiro atoms. The number of hydrogen-bond donors (Lipinski definition) is 0. The summed E-state index contributed by atoms with van der Waals surface area (Å²) in [6, 6.07) is 8.83. The summed E-state index contributed by atoms with van der Waals surface area (Å²) in [5.74, 6) is 0.574. The Labute approximate surface area is 149 Å². The third kappa shape index (κ3) is 3.37. The van der Waals surface area contributed by atoms with Crippen LogP contribution < -0.4 is 14.2 Å². The Morgan fingerprint density at radius 3 is 2.19 bits per heavy atom. The number of methoxy groups -OCH3 is 3. The monoisotopic (exact) mass is 357 g/mol. The lowest BCUT2D eigenvalue weighted by Gasteiger charge is -2.12. The summed E-state index contributed by atoms with van der Waals surface area (Å²) in [7, 11) is 4.53. The quantitative estimate of drug-likeness (QED) is 0.607. The van der Waals surface area contributed by atoms with Crippen LogP contribution in [0.15, 0.2) is 47.1 Å². The lowest BCUT2D eigenvalue weighted by atomic mass is 10.1. The molecule has 2 aromatic carbocycles. The molecule has 0 unspecified atom stereocenters. The van der Waals surface area contributed by atoms with Crippen LogP contribution in [0.25, 0.3) is 6.08 Å². The van der Waals surface area contributed by atoms with Gasteiger partial charge in [0, 0.05) is 17.2 Å². The van der Waals surface area contributed by atoms with Crippen LogP contribution in [-0.4, -0.2) is 33.2 Å². The van der Waals surface area contributed by atoms with Gasteiger partial charge in [-0.15, -0.1) is 0 Å². The van der Waals surface area contributed by atoms with Crippen LogP contribution >= 0.6 is 0 Å². The molecule has 7 heteroatoms. The molecule has 0 aliphatic carbocycles. The van der Waals surface area contributed by atoms with E-state index in [4.69, 9.17) is 18.9 Å². The van der Waals surface area contributed by atoms with Crippen molar-refractivity contribution >= 4 is 17.9 Å². The molecule has 3 rings (SSSR count). The molecule has 134 valence electrons. The van der Waals surface area contributed by atoms with Crippen molar-refractivity contribution in [3.05, 3.63) is 59.0 Å². The van der Waals surface area contributed by atoms with E-state index in [1.807, 2.05) is 0 Å².